The van der Waals surface area contributed by atoms with Crippen LogP contribution < -0.4 is 5.32 Å². The standard InChI is InChI=1S/C14H8BrClN4O/c15-10-6-8(7-19-13(10)16)20-14(21)9-2-1-3-11-12(9)18-5-4-17-11/h1-7H,(H,20,21). The molecule has 7 heteroatoms. The number of anilines is 1. The number of nitrogens with zero attached hydrogens (tertiary/aromatic N) is 3. The second-order valence-electron chi connectivity index (χ2n) is 4.18. The molecule has 0 atom stereocenters. The quantitative estimate of drug-likeness (QED) is 0.705. The molecule has 1 N–H and O–H groups in total. The summed E-state index contributed by atoms with van der Waals surface area (Å²) < 4.78 is 0.611. The van der Waals surface area contributed by atoms with E-state index in [1.54, 1.807) is 36.7 Å². The number of hydrogen-bond donors (Lipinski definition) is 1. The monoisotopic (exact) mass is 362 g/mol. The van der Waals surface area contributed by atoms with Gasteiger partial charge < -0.3 is 5.32 Å². The van der Waals surface area contributed by atoms with Crippen molar-refractivity contribution in [3.05, 3.63) is 58.0 Å². The van der Waals surface area contributed by atoms with E-state index in [1.807, 2.05) is 0 Å². The first kappa shape index (κ1) is 13.9. The lowest BCUT2D eigenvalue weighted by molar-refractivity contribution is 0.102. The van der Waals surface area contributed by atoms with Crippen LogP contribution in [0.2, 0.25) is 5.15 Å². The van der Waals surface area contributed by atoms with Gasteiger partial charge in [0.05, 0.1) is 27.4 Å². The van der Waals surface area contributed by atoms with Crippen LogP contribution in [-0.2, 0) is 0 Å². The first-order chi connectivity index (χ1) is 10.1. The predicted molar refractivity (Wildman–Crippen MR) is 84.4 cm³/mol. The maximum atomic E-state index is 12.4. The summed E-state index contributed by atoms with van der Waals surface area (Å²) in [5, 5.41) is 3.10. The molecule has 0 bridgehead atoms. The lowest BCUT2D eigenvalue weighted by Crippen LogP contribution is -2.13. The molecule has 0 unspecified atom stereocenters. The number of halogens is 2. The normalized spacial score (nSPS) is 10.6. The first-order valence-corrected chi connectivity index (χ1v) is 7.14. The summed E-state index contributed by atoms with van der Waals surface area (Å²) in [6, 6.07) is 6.95. The maximum Gasteiger partial charge on any atom is 0.257 e. The molecule has 2 heterocycles. The fourth-order valence-corrected chi connectivity index (χ4v) is 2.32. The summed E-state index contributed by atoms with van der Waals surface area (Å²) in [7, 11) is 0. The van der Waals surface area contributed by atoms with Crippen molar-refractivity contribution in [2.45, 2.75) is 0 Å². The van der Waals surface area contributed by atoms with Crippen LogP contribution in [0.3, 0.4) is 0 Å². The number of nitrogens with one attached hydrogen (secondary N) is 1. The molecular formula is C14H8BrClN4O. The molecule has 0 radical (unpaired) electrons. The summed E-state index contributed by atoms with van der Waals surface area (Å²) in [6.07, 6.45) is 4.63. The van der Waals surface area contributed by atoms with Gasteiger partial charge in [0.25, 0.3) is 5.91 Å². The molecule has 0 aliphatic rings. The highest BCUT2D eigenvalue weighted by Gasteiger charge is 2.12. The van der Waals surface area contributed by atoms with Crippen LogP contribution in [0.15, 0.2) is 47.3 Å². The Kier molecular flexibility index (Phi) is 3.81. The van der Waals surface area contributed by atoms with Crippen molar-refractivity contribution in [1.29, 1.82) is 0 Å². The Morgan fingerprint density at radius 3 is 2.81 bits per heavy atom. The molecule has 3 aromatic rings. The number of amides is 1. The van der Waals surface area contributed by atoms with Crippen LogP contribution in [0.5, 0.6) is 0 Å². The molecule has 3 rings (SSSR count). The molecule has 0 spiro atoms. The third-order valence-corrected chi connectivity index (χ3v) is 3.93. The number of carbonyl (C=O) groups is 1. The van der Waals surface area contributed by atoms with Crippen molar-refractivity contribution in [2.75, 3.05) is 5.32 Å². The third kappa shape index (κ3) is 2.86. The zero-order valence-electron chi connectivity index (χ0n) is 10.5. The minimum atomic E-state index is -0.280. The molecule has 1 aromatic carbocycles. The Labute approximate surface area is 133 Å². The third-order valence-electron chi connectivity index (χ3n) is 2.80. The number of aromatic nitrogens is 3. The van der Waals surface area contributed by atoms with Gasteiger partial charge in [0.1, 0.15) is 10.7 Å². The van der Waals surface area contributed by atoms with Gasteiger partial charge in [0, 0.05) is 12.4 Å². The van der Waals surface area contributed by atoms with Crippen LogP contribution in [-0.4, -0.2) is 20.9 Å². The van der Waals surface area contributed by atoms with E-state index in [0.717, 1.165) is 0 Å². The van der Waals surface area contributed by atoms with Crippen molar-refractivity contribution < 1.29 is 4.79 Å². The summed E-state index contributed by atoms with van der Waals surface area (Å²) in [5.74, 6) is -0.280. The summed E-state index contributed by atoms with van der Waals surface area (Å²) in [6.45, 7) is 0. The molecule has 5 nitrogen and oxygen atoms in total. The van der Waals surface area contributed by atoms with Gasteiger partial charge in [-0.25, -0.2) is 4.98 Å². The number of para-hydroxylation sites is 1. The minimum Gasteiger partial charge on any atom is -0.320 e. The number of carbonyl (C=O) groups excluding carboxylic acids is 1. The molecule has 2 aromatic heterocycles. The fourth-order valence-electron chi connectivity index (χ4n) is 1.86. The van der Waals surface area contributed by atoms with E-state index in [1.165, 1.54) is 6.20 Å². The van der Waals surface area contributed by atoms with E-state index in [9.17, 15) is 4.79 Å². The van der Waals surface area contributed by atoms with Gasteiger partial charge in [-0.2, -0.15) is 0 Å². The van der Waals surface area contributed by atoms with E-state index in [2.05, 4.69) is 36.2 Å². The van der Waals surface area contributed by atoms with Crippen molar-refractivity contribution in [2.24, 2.45) is 0 Å². The van der Waals surface area contributed by atoms with Crippen LogP contribution in [0.25, 0.3) is 11.0 Å². The smallest absolute Gasteiger partial charge is 0.257 e. The Morgan fingerprint density at radius 2 is 2.00 bits per heavy atom. The maximum absolute atomic E-state index is 12.4. The van der Waals surface area contributed by atoms with E-state index >= 15 is 0 Å². The lowest BCUT2D eigenvalue weighted by atomic mass is 10.1. The van der Waals surface area contributed by atoms with Gasteiger partial charge in [0.2, 0.25) is 0 Å². The zero-order chi connectivity index (χ0) is 14.8. The average molecular weight is 364 g/mol. The summed E-state index contributed by atoms with van der Waals surface area (Å²) in [4.78, 5) is 24.7. The highest BCUT2D eigenvalue weighted by Crippen LogP contribution is 2.23. The molecule has 0 aliphatic carbocycles. The highest BCUT2D eigenvalue weighted by molar-refractivity contribution is 9.10. The minimum absolute atomic E-state index is 0.280. The second-order valence-corrected chi connectivity index (χ2v) is 5.39. The summed E-state index contributed by atoms with van der Waals surface area (Å²) >= 11 is 9.09. The SMILES string of the molecule is O=C(Nc1cnc(Cl)c(Br)c1)c1cccc2nccnc12. The number of pyridine rings is 1. The largest absolute Gasteiger partial charge is 0.320 e. The van der Waals surface area contributed by atoms with Gasteiger partial charge in [-0.05, 0) is 34.1 Å². The lowest BCUT2D eigenvalue weighted by Gasteiger charge is -2.07. The molecule has 0 saturated carbocycles. The number of rotatable bonds is 2. The van der Waals surface area contributed by atoms with E-state index in [0.29, 0.717) is 31.9 Å². The van der Waals surface area contributed by atoms with Crippen LogP contribution >= 0.6 is 27.5 Å². The molecule has 0 saturated heterocycles. The van der Waals surface area contributed by atoms with E-state index in [4.69, 9.17) is 11.6 Å². The zero-order valence-corrected chi connectivity index (χ0v) is 12.9. The van der Waals surface area contributed by atoms with Crippen molar-refractivity contribution >= 4 is 50.2 Å². The van der Waals surface area contributed by atoms with Crippen molar-refractivity contribution in [1.82, 2.24) is 15.0 Å². The summed E-state index contributed by atoms with van der Waals surface area (Å²) in [5.41, 5.74) is 2.21. The van der Waals surface area contributed by atoms with E-state index < -0.39 is 0 Å². The first-order valence-electron chi connectivity index (χ1n) is 5.97. The number of hydrogen-bond acceptors (Lipinski definition) is 4. The molecule has 0 fully saturated rings. The Bertz CT molecular complexity index is 835. The van der Waals surface area contributed by atoms with Crippen molar-refractivity contribution in [3.63, 3.8) is 0 Å². The topological polar surface area (TPSA) is 67.8 Å². The Balaban J connectivity index is 1.95. The van der Waals surface area contributed by atoms with E-state index in [-0.39, 0.29) is 5.91 Å². The highest BCUT2D eigenvalue weighted by atomic mass is 79.9. The van der Waals surface area contributed by atoms with Gasteiger partial charge in [-0.3, -0.25) is 14.8 Å². The van der Waals surface area contributed by atoms with Crippen LogP contribution in [0.1, 0.15) is 10.4 Å². The van der Waals surface area contributed by atoms with Crippen LogP contribution in [0, 0.1) is 0 Å². The van der Waals surface area contributed by atoms with Gasteiger partial charge in [-0.1, -0.05) is 17.7 Å². The Morgan fingerprint density at radius 1 is 1.19 bits per heavy atom. The van der Waals surface area contributed by atoms with Crippen LogP contribution in [0.4, 0.5) is 5.69 Å². The predicted octanol–water partition coefficient (Wildman–Crippen LogP) is 3.69. The van der Waals surface area contributed by atoms with Gasteiger partial charge in [-0.15, -0.1) is 0 Å². The van der Waals surface area contributed by atoms with Crippen molar-refractivity contribution in [3.8, 4) is 0 Å². The molecule has 1 amide bonds. The van der Waals surface area contributed by atoms with Gasteiger partial charge in [0.15, 0.2) is 0 Å². The Hall–Kier alpha value is -2.05. The second kappa shape index (κ2) is 5.75. The molecular weight excluding hydrogens is 356 g/mol. The molecule has 21 heavy (non-hydrogen) atoms. The van der Waals surface area contributed by atoms with Gasteiger partial charge >= 0.3 is 0 Å². The number of benzene rings is 1. The fraction of sp³-hybridized carbons (Fsp3) is 0. The molecule has 0 aliphatic heterocycles. The molecule has 104 valence electrons. The average Bonchev–Trinajstić information content (AvgIpc) is 2.50. The number of fused-ring (bicyclic) bond motifs is 1.